The second-order valence-corrected chi connectivity index (χ2v) is 5.31. The van der Waals surface area contributed by atoms with Gasteiger partial charge < -0.3 is 15.4 Å². The standard InChI is InChI=1S/C12H22N2O2/c1-12(6-3-4-10(12)13)11(15)14-7-5-9(8-14)16-2/h9-10H,3-8,13H2,1-2H3. The number of methoxy groups -OCH3 is 1. The zero-order valence-corrected chi connectivity index (χ0v) is 10.2. The number of hydrogen-bond donors (Lipinski definition) is 1. The zero-order valence-electron chi connectivity index (χ0n) is 10.2. The molecule has 16 heavy (non-hydrogen) atoms. The number of nitrogens with zero attached hydrogens (tertiary/aromatic N) is 1. The van der Waals surface area contributed by atoms with Gasteiger partial charge in [-0.05, 0) is 26.2 Å². The van der Waals surface area contributed by atoms with Crippen LogP contribution < -0.4 is 5.73 Å². The summed E-state index contributed by atoms with van der Waals surface area (Å²) in [5.74, 6) is 0.233. The molecule has 0 aromatic rings. The van der Waals surface area contributed by atoms with Crippen LogP contribution in [0.3, 0.4) is 0 Å². The number of rotatable bonds is 2. The molecule has 4 heteroatoms. The van der Waals surface area contributed by atoms with E-state index in [2.05, 4.69) is 0 Å². The highest BCUT2D eigenvalue weighted by atomic mass is 16.5. The van der Waals surface area contributed by atoms with Crippen LogP contribution in [0.5, 0.6) is 0 Å². The monoisotopic (exact) mass is 226 g/mol. The second kappa shape index (κ2) is 4.34. The van der Waals surface area contributed by atoms with Crippen LogP contribution in [0.25, 0.3) is 0 Å². The molecular formula is C12H22N2O2. The van der Waals surface area contributed by atoms with Crippen LogP contribution in [0.2, 0.25) is 0 Å². The molecule has 2 aliphatic rings. The molecule has 3 atom stereocenters. The van der Waals surface area contributed by atoms with Gasteiger partial charge in [0.1, 0.15) is 0 Å². The van der Waals surface area contributed by atoms with Crippen LogP contribution in [-0.2, 0) is 9.53 Å². The van der Waals surface area contributed by atoms with Crippen molar-refractivity contribution in [2.75, 3.05) is 20.2 Å². The Morgan fingerprint density at radius 3 is 2.75 bits per heavy atom. The van der Waals surface area contributed by atoms with E-state index in [1.165, 1.54) is 0 Å². The Labute approximate surface area is 97.1 Å². The molecule has 0 radical (unpaired) electrons. The molecule has 92 valence electrons. The quantitative estimate of drug-likeness (QED) is 0.756. The van der Waals surface area contributed by atoms with Gasteiger partial charge in [-0.1, -0.05) is 6.42 Å². The first-order valence-corrected chi connectivity index (χ1v) is 6.15. The van der Waals surface area contributed by atoms with Crippen molar-refractivity contribution >= 4 is 5.91 Å². The van der Waals surface area contributed by atoms with Gasteiger partial charge in [0.15, 0.2) is 0 Å². The lowest BCUT2D eigenvalue weighted by molar-refractivity contribution is -0.141. The van der Waals surface area contributed by atoms with E-state index in [4.69, 9.17) is 10.5 Å². The molecule has 1 saturated heterocycles. The molecule has 2 N–H and O–H groups in total. The number of hydrogen-bond acceptors (Lipinski definition) is 3. The normalized spacial score (nSPS) is 39.3. The third-order valence-electron chi connectivity index (χ3n) is 4.28. The molecule has 0 spiro atoms. The fourth-order valence-corrected chi connectivity index (χ4v) is 2.92. The van der Waals surface area contributed by atoms with Gasteiger partial charge in [-0.15, -0.1) is 0 Å². The fraction of sp³-hybridized carbons (Fsp3) is 0.917. The second-order valence-electron chi connectivity index (χ2n) is 5.31. The average Bonchev–Trinajstić information content (AvgIpc) is 2.86. The maximum atomic E-state index is 12.4. The third-order valence-corrected chi connectivity index (χ3v) is 4.28. The van der Waals surface area contributed by atoms with E-state index in [9.17, 15) is 4.79 Å². The lowest BCUT2D eigenvalue weighted by Gasteiger charge is -2.32. The minimum absolute atomic E-state index is 0.0293. The number of amides is 1. The van der Waals surface area contributed by atoms with Gasteiger partial charge >= 0.3 is 0 Å². The minimum atomic E-state index is -0.331. The zero-order chi connectivity index (χ0) is 11.8. The summed E-state index contributed by atoms with van der Waals surface area (Å²) in [5.41, 5.74) is 5.74. The van der Waals surface area contributed by atoms with Crippen molar-refractivity contribution < 1.29 is 9.53 Å². The Kier molecular flexibility index (Phi) is 3.22. The summed E-state index contributed by atoms with van der Waals surface area (Å²) in [4.78, 5) is 14.4. The smallest absolute Gasteiger partial charge is 0.230 e. The van der Waals surface area contributed by atoms with Crippen LogP contribution in [-0.4, -0.2) is 43.2 Å². The highest BCUT2D eigenvalue weighted by Crippen LogP contribution is 2.39. The molecule has 2 rings (SSSR count). The molecule has 1 heterocycles. The molecule has 1 aliphatic heterocycles. The summed E-state index contributed by atoms with van der Waals surface area (Å²) in [6.45, 7) is 3.57. The van der Waals surface area contributed by atoms with Crippen LogP contribution in [0, 0.1) is 5.41 Å². The molecular weight excluding hydrogens is 204 g/mol. The Morgan fingerprint density at radius 1 is 1.50 bits per heavy atom. The van der Waals surface area contributed by atoms with Crippen molar-refractivity contribution in [3.63, 3.8) is 0 Å². The molecule has 1 saturated carbocycles. The number of ether oxygens (including phenoxy) is 1. The third kappa shape index (κ3) is 1.84. The Hall–Kier alpha value is -0.610. The number of carbonyl (C=O) groups is 1. The molecule has 1 aliphatic carbocycles. The van der Waals surface area contributed by atoms with Crippen LogP contribution >= 0.6 is 0 Å². The maximum Gasteiger partial charge on any atom is 0.230 e. The summed E-state index contributed by atoms with van der Waals surface area (Å²) < 4.78 is 5.29. The fourth-order valence-electron chi connectivity index (χ4n) is 2.92. The van der Waals surface area contributed by atoms with Gasteiger partial charge in [-0.2, -0.15) is 0 Å². The maximum absolute atomic E-state index is 12.4. The van der Waals surface area contributed by atoms with Crippen LogP contribution in [0.1, 0.15) is 32.6 Å². The summed E-state index contributed by atoms with van der Waals surface area (Å²) in [7, 11) is 1.71. The number of likely N-dealkylation sites (tertiary alicyclic amines) is 1. The Morgan fingerprint density at radius 2 is 2.25 bits per heavy atom. The van der Waals surface area contributed by atoms with Gasteiger partial charge in [-0.3, -0.25) is 4.79 Å². The Bertz CT molecular complexity index is 282. The molecule has 4 nitrogen and oxygen atoms in total. The van der Waals surface area contributed by atoms with Crippen LogP contribution in [0.4, 0.5) is 0 Å². The SMILES string of the molecule is COC1CCN(C(=O)C2(C)CCCC2N)C1. The van der Waals surface area contributed by atoms with Crippen molar-refractivity contribution in [3.8, 4) is 0 Å². The summed E-state index contributed by atoms with van der Waals surface area (Å²) in [6.07, 6.45) is 4.15. The van der Waals surface area contributed by atoms with Gasteiger partial charge in [0, 0.05) is 26.2 Å². The van der Waals surface area contributed by atoms with E-state index >= 15 is 0 Å². The number of nitrogens with two attached hydrogens (primary N) is 1. The summed E-state index contributed by atoms with van der Waals surface area (Å²) >= 11 is 0. The predicted octanol–water partition coefficient (Wildman–Crippen LogP) is 0.751. The predicted molar refractivity (Wildman–Crippen MR) is 61.9 cm³/mol. The molecule has 0 aromatic carbocycles. The Balaban J connectivity index is 2.02. The molecule has 0 bridgehead atoms. The van der Waals surface area contributed by atoms with Crippen molar-refractivity contribution in [2.45, 2.75) is 44.8 Å². The van der Waals surface area contributed by atoms with Crippen molar-refractivity contribution in [3.05, 3.63) is 0 Å². The van der Waals surface area contributed by atoms with Crippen molar-refractivity contribution in [1.29, 1.82) is 0 Å². The topological polar surface area (TPSA) is 55.6 Å². The first-order chi connectivity index (χ1) is 7.58. The van der Waals surface area contributed by atoms with E-state index < -0.39 is 0 Å². The van der Waals surface area contributed by atoms with E-state index in [1.807, 2.05) is 11.8 Å². The van der Waals surface area contributed by atoms with Crippen molar-refractivity contribution in [2.24, 2.45) is 11.1 Å². The highest BCUT2D eigenvalue weighted by Gasteiger charge is 2.46. The van der Waals surface area contributed by atoms with Gasteiger partial charge in [-0.25, -0.2) is 0 Å². The first kappa shape index (κ1) is 11.9. The van der Waals surface area contributed by atoms with E-state index in [0.717, 1.165) is 38.8 Å². The van der Waals surface area contributed by atoms with Crippen LogP contribution in [0.15, 0.2) is 0 Å². The summed E-state index contributed by atoms with van der Waals surface area (Å²) in [5, 5.41) is 0. The van der Waals surface area contributed by atoms with Gasteiger partial charge in [0.25, 0.3) is 0 Å². The van der Waals surface area contributed by atoms with E-state index in [-0.39, 0.29) is 23.5 Å². The molecule has 1 amide bonds. The lowest BCUT2D eigenvalue weighted by Crippen LogP contribution is -2.48. The molecule has 2 fully saturated rings. The number of carbonyl (C=O) groups excluding carboxylic acids is 1. The largest absolute Gasteiger partial charge is 0.380 e. The van der Waals surface area contributed by atoms with Gasteiger partial charge in [0.2, 0.25) is 5.91 Å². The van der Waals surface area contributed by atoms with Crippen molar-refractivity contribution in [1.82, 2.24) is 4.90 Å². The summed E-state index contributed by atoms with van der Waals surface area (Å²) in [6, 6.07) is 0.0293. The minimum Gasteiger partial charge on any atom is -0.380 e. The van der Waals surface area contributed by atoms with E-state index in [1.54, 1.807) is 7.11 Å². The lowest BCUT2D eigenvalue weighted by atomic mass is 9.83. The first-order valence-electron chi connectivity index (χ1n) is 6.15. The highest BCUT2D eigenvalue weighted by molar-refractivity contribution is 5.83. The van der Waals surface area contributed by atoms with E-state index in [0.29, 0.717) is 0 Å². The molecule has 3 unspecified atom stereocenters. The van der Waals surface area contributed by atoms with Gasteiger partial charge in [0.05, 0.1) is 11.5 Å². The average molecular weight is 226 g/mol. The molecule has 0 aromatic heterocycles.